The molecule has 0 aliphatic heterocycles. The third-order valence-corrected chi connectivity index (χ3v) is 3.41. The highest BCUT2D eigenvalue weighted by Gasteiger charge is 2.04. The second-order valence-corrected chi connectivity index (χ2v) is 5.56. The minimum Gasteiger partial charge on any atom is -0.382 e. The van der Waals surface area contributed by atoms with Crippen LogP contribution in [0, 0.1) is 3.57 Å². The largest absolute Gasteiger partial charge is 0.382 e. The molecule has 0 saturated carbocycles. The third-order valence-electron chi connectivity index (χ3n) is 2.05. The molecule has 1 N–H and O–H groups in total. The SMILES string of the molecule is CCCC(C)Nc1cc(I)ccc1Br. The zero-order valence-corrected chi connectivity index (χ0v) is 12.2. The highest BCUT2D eigenvalue weighted by atomic mass is 127. The van der Waals surface area contributed by atoms with Gasteiger partial charge in [-0.3, -0.25) is 0 Å². The Labute approximate surface area is 108 Å². The van der Waals surface area contributed by atoms with E-state index in [2.05, 4.69) is 75.9 Å². The Morgan fingerprint density at radius 3 is 2.86 bits per heavy atom. The van der Waals surface area contributed by atoms with E-state index in [-0.39, 0.29) is 0 Å². The molecule has 0 radical (unpaired) electrons. The van der Waals surface area contributed by atoms with E-state index < -0.39 is 0 Å². The van der Waals surface area contributed by atoms with Crippen molar-refractivity contribution in [3.63, 3.8) is 0 Å². The van der Waals surface area contributed by atoms with E-state index in [1.54, 1.807) is 0 Å². The standard InChI is InChI=1S/C11H15BrIN/c1-3-4-8(2)14-11-7-9(13)5-6-10(11)12/h5-8,14H,3-4H2,1-2H3. The van der Waals surface area contributed by atoms with E-state index in [0.29, 0.717) is 6.04 Å². The van der Waals surface area contributed by atoms with Gasteiger partial charge in [-0.25, -0.2) is 0 Å². The van der Waals surface area contributed by atoms with Crippen molar-refractivity contribution >= 4 is 44.2 Å². The topological polar surface area (TPSA) is 12.0 Å². The van der Waals surface area contributed by atoms with Gasteiger partial charge >= 0.3 is 0 Å². The summed E-state index contributed by atoms with van der Waals surface area (Å²) in [6.45, 7) is 4.43. The molecule has 3 heteroatoms. The molecular weight excluding hydrogens is 353 g/mol. The quantitative estimate of drug-likeness (QED) is 0.763. The van der Waals surface area contributed by atoms with Crippen LogP contribution in [-0.2, 0) is 0 Å². The summed E-state index contributed by atoms with van der Waals surface area (Å²) in [7, 11) is 0. The molecule has 1 aromatic carbocycles. The van der Waals surface area contributed by atoms with E-state index >= 15 is 0 Å². The van der Waals surface area contributed by atoms with Crippen molar-refractivity contribution in [2.75, 3.05) is 5.32 Å². The minimum atomic E-state index is 0.537. The summed E-state index contributed by atoms with van der Waals surface area (Å²) < 4.78 is 2.40. The lowest BCUT2D eigenvalue weighted by molar-refractivity contribution is 0.690. The summed E-state index contributed by atoms with van der Waals surface area (Å²) in [5.41, 5.74) is 1.19. The molecule has 0 aromatic heterocycles. The molecule has 0 heterocycles. The van der Waals surface area contributed by atoms with Crippen molar-refractivity contribution in [1.82, 2.24) is 0 Å². The summed E-state index contributed by atoms with van der Waals surface area (Å²) in [6, 6.07) is 6.88. The summed E-state index contributed by atoms with van der Waals surface area (Å²) in [6.07, 6.45) is 2.42. The van der Waals surface area contributed by atoms with E-state index in [1.807, 2.05) is 0 Å². The fraction of sp³-hybridized carbons (Fsp3) is 0.455. The molecule has 14 heavy (non-hydrogen) atoms. The maximum atomic E-state index is 3.54. The smallest absolute Gasteiger partial charge is 0.0497 e. The number of rotatable bonds is 4. The van der Waals surface area contributed by atoms with Gasteiger partial charge in [0, 0.05) is 19.8 Å². The fourth-order valence-electron chi connectivity index (χ4n) is 1.38. The van der Waals surface area contributed by atoms with Gasteiger partial charge in [0.2, 0.25) is 0 Å². The molecule has 0 bridgehead atoms. The van der Waals surface area contributed by atoms with Crippen LogP contribution in [0.25, 0.3) is 0 Å². The monoisotopic (exact) mass is 367 g/mol. The van der Waals surface area contributed by atoms with Crippen molar-refractivity contribution in [3.8, 4) is 0 Å². The molecule has 0 aliphatic rings. The number of hydrogen-bond acceptors (Lipinski definition) is 1. The number of hydrogen-bond donors (Lipinski definition) is 1. The summed E-state index contributed by atoms with van der Waals surface area (Å²) in [4.78, 5) is 0. The normalized spacial score (nSPS) is 12.6. The maximum absolute atomic E-state index is 3.54. The number of benzene rings is 1. The molecule has 1 nitrogen and oxygen atoms in total. The average Bonchev–Trinajstić information content (AvgIpc) is 2.12. The van der Waals surface area contributed by atoms with Crippen LogP contribution >= 0.6 is 38.5 Å². The second-order valence-electron chi connectivity index (χ2n) is 3.46. The minimum absolute atomic E-state index is 0.537. The van der Waals surface area contributed by atoms with E-state index in [0.717, 1.165) is 4.47 Å². The molecular formula is C11H15BrIN. The molecule has 1 atom stereocenters. The average molecular weight is 368 g/mol. The van der Waals surface area contributed by atoms with Gasteiger partial charge in [0.1, 0.15) is 0 Å². The fourth-order valence-corrected chi connectivity index (χ4v) is 2.23. The van der Waals surface area contributed by atoms with Crippen LogP contribution in [0.3, 0.4) is 0 Å². The number of nitrogens with one attached hydrogen (secondary N) is 1. The van der Waals surface area contributed by atoms with Gasteiger partial charge in [-0.1, -0.05) is 13.3 Å². The first kappa shape index (κ1) is 12.3. The Kier molecular flexibility index (Phi) is 5.23. The van der Waals surface area contributed by atoms with Crippen molar-refractivity contribution in [3.05, 3.63) is 26.2 Å². The van der Waals surface area contributed by atoms with Crippen molar-refractivity contribution in [2.45, 2.75) is 32.7 Å². The highest BCUT2D eigenvalue weighted by molar-refractivity contribution is 14.1. The Hall–Kier alpha value is 0.230. The van der Waals surface area contributed by atoms with Crippen LogP contribution in [0.15, 0.2) is 22.7 Å². The first-order chi connectivity index (χ1) is 6.63. The molecule has 1 rings (SSSR count). The van der Waals surface area contributed by atoms with Crippen LogP contribution in [0.4, 0.5) is 5.69 Å². The van der Waals surface area contributed by atoms with Gasteiger partial charge in [-0.2, -0.15) is 0 Å². The predicted molar refractivity (Wildman–Crippen MR) is 74.9 cm³/mol. The lowest BCUT2D eigenvalue weighted by Crippen LogP contribution is -2.14. The van der Waals surface area contributed by atoms with E-state index in [9.17, 15) is 0 Å². The lowest BCUT2D eigenvalue weighted by Gasteiger charge is -2.15. The molecule has 0 aliphatic carbocycles. The predicted octanol–water partition coefficient (Wildman–Crippen LogP) is 4.65. The van der Waals surface area contributed by atoms with Gasteiger partial charge in [0.05, 0.1) is 0 Å². The third kappa shape index (κ3) is 3.77. The molecule has 78 valence electrons. The Bertz CT molecular complexity index is 301. The first-order valence-electron chi connectivity index (χ1n) is 4.85. The Morgan fingerprint density at radius 2 is 2.21 bits per heavy atom. The van der Waals surface area contributed by atoms with Crippen LogP contribution in [0.5, 0.6) is 0 Å². The molecule has 0 fully saturated rings. The molecule has 0 saturated heterocycles. The Balaban J connectivity index is 2.70. The highest BCUT2D eigenvalue weighted by Crippen LogP contribution is 2.25. The van der Waals surface area contributed by atoms with Gasteiger partial charge in [-0.05, 0) is 70.1 Å². The summed E-state index contributed by atoms with van der Waals surface area (Å²) in [5, 5.41) is 3.50. The van der Waals surface area contributed by atoms with E-state index in [4.69, 9.17) is 0 Å². The molecule has 0 spiro atoms. The number of anilines is 1. The zero-order chi connectivity index (χ0) is 10.6. The van der Waals surface area contributed by atoms with Crippen molar-refractivity contribution in [1.29, 1.82) is 0 Å². The molecule has 0 amide bonds. The van der Waals surface area contributed by atoms with Crippen LogP contribution in [0.1, 0.15) is 26.7 Å². The summed E-state index contributed by atoms with van der Waals surface area (Å²) >= 11 is 5.87. The van der Waals surface area contributed by atoms with Gasteiger partial charge in [0.25, 0.3) is 0 Å². The van der Waals surface area contributed by atoms with Gasteiger partial charge in [0.15, 0.2) is 0 Å². The molecule has 1 aromatic rings. The molecule has 1 unspecified atom stereocenters. The van der Waals surface area contributed by atoms with Gasteiger partial charge in [-0.15, -0.1) is 0 Å². The van der Waals surface area contributed by atoms with Crippen LogP contribution < -0.4 is 5.32 Å². The summed E-state index contributed by atoms with van der Waals surface area (Å²) in [5.74, 6) is 0. The zero-order valence-electron chi connectivity index (χ0n) is 8.48. The van der Waals surface area contributed by atoms with E-state index in [1.165, 1.54) is 22.1 Å². The van der Waals surface area contributed by atoms with Crippen LogP contribution in [0.2, 0.25) is 0 Å². The van der Waals surface area contributed by atoms with Gasteiger partial charge < -0.3 is 5.32 Å². The van der Waals surface area contributed by atoms with Crippen LogP contribution in [-0.4, -0.2) is 6.04 Å². The lowest BCUT2D eigenvalue weighted by atomic mass is 10.2. The van der Waals surface area contributed by atoms with Crippen molar-refractivity contribution < 1.29 is 0 Å². The maximum Gasteiger partial charge on any atom is 0.0497 e. The second kappa shape index (κ2) is 5.95. The number of halogens is 2. The van der Waals surface area contributed by atoms with Crippen molar-refractivity contribution in [2.24, 2.45) is 0 Å². The first-order valence-corrected chi connectivity index (χ1v) is 6.72. The Morgan fingerprint density at radius 1 is 1.50 bits per heavy atom.